The van der Waals surface area contributed by atoms with Gasteiger partial charge >= 0.3 is 5.97 Å². The Hall–Kier alpha value is -2.37. The number of Topliss-reactive ketones (excluding diaryl/α,β-unsaturated/α-hetero) is 1. The second-order valence-corrected chi connectivity index (χ2v) is 5.73. The van der Waals surface area contributed by atoms with Gasteiger partial charge in [0, 0.05) is 17.7 Å². The van der Waals surface area contributed by atoms with Crippen LogP contribution in [-0.4, -0.2) is 36.4 Å². The lowest BCUT2D eigenvalue weighted by Crippen LogP contribution is -2.39. The van der Waals surface area contributed by atoms with Gasteiger partial charge in [0.05, 0.1) is 18.9 Å². The van der Waals surface area contributed by atoms with E-state index in [0.717, 1.165) is 0 Å². The van der Waals surface area contributed by atoms with E-state index in [2.05, 4.69) is 5.32 Å². The third-order valence-corrected chi connectivity index (χ3v) is 3.34. The van der Waals surface area contributed by atoms with Gasteiger partial charge in [0.15, 0.2) is 5.78 Å². The van der Waals surface area contributed by atoms with Gasteiger partial charge in [-0.25, -0.2) is 0 Å². The maximum Gasteiger partial charge on any atom is 0.310 e. The molecule has 6 heteroatoms. The molecule has 0 atom stereocenters. The molecule has 0 aliphatic carbocycles. The second-order valence-electron chi connectivity index (χ2n) is 5.73. The zero-order valence-corrected chi connectivity index (χ0v) is 13.2. The number of ether oxygens (including phenoxy) is 1. The summed E-state index contributed by atoms with van der Waals surface area (Å²) in [6.45, 7) is 4.54. The molecular weight excluding hydrogens is 286 g/mol. The molecule has 0 unspecified atom stereocenters. The number of carbonyl (C=O) groups excluding carboxylic acids is 2. The molecule has 0 spiro atoms. The van der Waals surface area contributed by atoms with E-state index in [1.54, 1.807) is 18.2 Å². The molecule has 0 bridgehead atoms. The third-order valence-electron chi connectivity index (χ3n) is 3.34. The average Bonchev–Trinajstić information content (AvgIpc) is 2.45. The highest BCUT2D eigenvalue weighted by atomic mass is 16.5. The minimum absolute atomic E-state index is 0.0139. The lowest BCUT2D eigenvalue weighted by atomic mass is 9.94. The van der Waals surface area contributed by atoms with Crippen LogP contribution in [0.3, 0.4) is 0 Å². The van der Waals surface area contributed by atoms with Crippen LogP contribution in [0.5, 0.6) is 5.75 Å². The van der Waals surface area contributed by atoms with Gasteiger partial charge in [-0.15, -0.1) is 0 Å². The van der Waals surface area contributed by atoms with Crippen LogP contribution < -0.4 is 10.1 Å². The Morgan fingerprint density at radius 1 is 1.27 bits per heavy atom. The second kappa shape index (κ2) is 7.06. The molecule has 1 rings (SSSR count). The van der Waals surface area contributed by atoms with Crippen molar-refractivity contribution in [1.82, 2.24) is 5.32 Å². The van der Waals surface area contributed by atoms with Crippen molar-refractivity contribution in [2.75, 3.05) is 13.7 Å². The standard InChI is InChI=1S/C16H21NO5/c1-10(18)11-5-6-13(22-4)12(7-11)8-14(19)17-9-16(2,3)15(20)21/h5-7H,8-9H2,1-4H3,(H,17,19)(H,20,21). The largest absolute Gasteiger partial charge is 0.496 e. The number of carbonyl (C=O) groups is 3. The van der Waals surface area contributed by atoms with Gasteiger partial charge in [0.25, 0.3) is 0 Å². The Morgan fingerprint density at radius 3 is 2.41 bits per heavy atom. The van der Waals surface area contributed by atoms with Crippen molar-refractivity contribution in [1.29, 1.82) is 0 Å². The van der Waals surface area contributed by atoms with E-state index in [-0.39, 0.29) is 24.7 Å². The van der Waals surface area contributed by atoms with Gasteiger partial charge in [-0.3, -0.25) is 14.4 Å². The summed E-state index contributed by atoms with van der Waals surface area (Å²) < 4.78 is 5.18. The molecule has 1 aromatic rings. The normalized spacial score (nSPS) is 10.9. The average molecular weight is 307 g/mol. The van der Waals surface area contributed by atoms with E-state index in [0.29, 0.717) is 16.9 Å². The molecular formula is C16H21NO5. The Balaban J connectivity index is 2.81. The van der Waals surface area contributed by atoms with Gasteiger partial charge in [-0.1, -0.05) is 0 Å². The number of hydrogen-bond donors (Lipinski definition) is 2. The lowest BCUT2D eigenvalue weighted by molar-refractivity contribution is -0.146. The predicted octanol–water partition coefficient (Wildman–Crippen LogP) is 1.67. The number of methoxy groups -OCH3 is 1. The molecule has 1 aromatic carbocycles. The zero-order valence-electron chi connectivity index (χ0n) is 13.2. The van der Waals surface area contributed by atoms with Gasteiger partial charge in [0.2, 0.25) is 5.91 Å². The topological polar surface area (TPSA) is 92.7 Å². The monoisotopic (exact) mass is 307 g/mol. The minimum atomic E-state index is -1.04. The van der Waals surface area contributed by atoms with Crippen LogP contribution in [0.4, 0.5) is 0 Å². The van der Waals surface area contributed by atoms with Crippen molar-refractivity contribution < 1.29 is 24.2 Å². The highest BCUT2D eigenvalue weighted by Gasteiger charge is 2.27. The number of ketones is 1. The third kappa shape index (κ3) is 4.58. The molecule has 0 radical (unpaired) electrons. The molecule has 1 amide bonds. The summed E-state index contributed by atoms with van der Waals surface area (Å²) in [6.07, 6.45) is 0.0139. The van der Waals surface area contributed by atoms with Crippen molar-refractivity contribution in [3.05, 3.63) is 29.3 Å². The fourth-order valence-electron chi connectivity index (χ4n) is 1.77. The van der Waals surface area contributed by atoms with Gasteiger partial charge in [-0.2, -0.15) is 0 Å². The van der Waals surface area contributed by atoms with Crippen molar-refractivity contribution in [3.8, 4) is 5.75 Å². The van der Waals surface area contributed by atoms with Crippen LogP contribution in [0.25, 0.3) is 0 Å². The Morgan fingerprint density at radius 2 is 1.91 bits per heavy atom. The molecule has 22 heavy (non-hydrogen) atoms. The van der Waals surface area contributed by atoms with Gasteiger partial charge in [0.1, 0.15) is 5.75 Å². The van der Waals surface area contributed by atoms with Crippen LogP contribution in [0.2, 0.25) is 0 Å². The van der Waals surface area contributed by atoms with Gasteiger partial charge in [-0.05, 0) is 39.0 Å². The van der Waals surface area contributed by atoms with E-state index in [9.17, 15) is 14.4 Å². The molecule has 120 valence electrons. The summed E-state index contributed by atoms with van der Waals surface area (Å²) >= 11 is 0. The number of rotatable bonds is 7. The number of carboxylic acids is 1. The first-order chi connectivity index (χ1) is 10.2. The van der Waals surface area contributed by atoms with Crippen LogP contribution in [0.1, 0.15) is 36.7 Å². The van der Waals surface area contributed by atoms with E-state index in [1.165, 1.54) is 27.9 Å². The highest BCUT2D eigenvalue weighted by molar-refractivity contribution is 5.94. The molecule has 2 N–H and O–H groups in total. The molecule has 0 fully saturated rings. The predicted molar refractivity (Wildman–Crippen MR) is 81.1 cm³/mol. The quantitative estimate of drug-likeness (QED) is 0.747. The summed E-state index contributed by atoms with van der Waals surface area (Å²) in [4.78, 5) is 34.4. The fourth-order valence-corrected chi connectivity index (χ4v) is 1.77. The summed E-state index contributed by atoms with van der Waals surface area (Å²) in [5, 5.41) is 11.6. The van der Waals surface area contributed by atoms with E-state index in [1.807, 2.05) is 0 Å². The molecule has 0 heterocycles. The zero-order chi connectivity index (χ0) is 16.9. The van der Waals surface area contributed by atoms with Crippen LogP contribution >= 0.6 is 0 Å². The van der Waals surface area contributed by atoms with Crippen LogP contribution in [0.15, 0.2) is 18.2 Å². The minimum Gasteiger partial charge on any atom is -0.496 e. The molecule has 0 saturated heterocycles. The Bertz CT molecular complexity index is 592. The first kappa shape index (κ1) is 17.7. The van der Waals surface area contributed by atoms with E-state index in [4.69, 9.17) is 9.84 Å². The van der Waals surface area contributed by atoms with Crippen LogP contribution in [-0.2, 0) is 16.0 Å². The van der Waals surface area contributed by atoms with E-state index < -0.39 is 11.4 Å². The number of benzene rings is 1. The highest BCUT2D eigenvalue weighted by Crippen LogP contribution is 2.21. The Labute approximate surface area is 129 Å². The summed E-state index contributed by atoms with van der Waals surface area (Å²) in [5.41, 5.74) is 0.0383. The summed E-state index contributed by atoms with van der Waals surface area (Å²) in [6, 6.07) is 4.89. The van der Waals surface area contributed by atoms with E-state index >= 15 is 0 Å². The first-order valence-corrected chi connectivity index (χ1v) is 6.85. The fraction of sp³-hybridized carbons (Fsp3) is 0.438. The van der Waals surface area contributed by atoms with Gasteiger partial charge < -0.3 is 15.2 Å². The number of aliphatic carboxylic acids is 1. The van der Waals surface area contributed by atoms with Crippen molar-refractivity contribution in [2.24, 2.45) is 5.41 Å². The SMILES string of the molecule is COc1ccc(C(C)=O)cc1CC(=O)NCC(C)(C)C(=O)O. The molecule has 0 saturated carbocycles. The Kier molecular flexibility index (Phi) is 5.68. The first-order valence-electron chi connectivity index (χ1n) is 6.85. The molecule has 6 nitrogen and oxygen atoms in total. The van der Waals surface area contributed by atoms with Crippen molar-refractivity contribution in [3.63, 3.8) is 0 Å². The van der Waals surface area contributed by atoms with Crippen molar-refractivity contribution in [2.45, 2.75) is 27.2 Å². The molecule has 0 aliphatic heterocycles. The smallest absolute Gasteiger partial charge is 0.310 e. The maximum absolute atomic E-state index is 12.0. The number of nitrogens with one attached hydrogen (secondary N) is 1. The van der Waals surface area contributed by atoms with Crippen molar-refractivity contribution >= 4 is 17.7 Å². The summed E-state index contributed by atoms with van der Waals surface area (Å²) in [5.74, 6) is -0.897. The number of carboxylic acid groups (broad SMARTS) is 1. The number of amides is 1. The maximum atomic E-state index is 12.0. The summed E-state index contributed by atoms with van der Waals surface area (Å²) in [7, 11) is 1.48. The van der Waals surface area contributed by atoms with Crippen LogP contribution in [0, 0.1) is 5.41 Å². The number of hydrogen-bond acceptors (Lipinski definition) is 4. The molecule has 0 aromatic heterocycles. The molecule has 0 aliphatic rings. The lowest BCUT2D eigenvalue weighted by Gasteiger charge is -2.19.